The van der Waals surface area contributed by atoms with Gasteiger partial charge in [0.05, 0.1) is 31.1 Å². The number of ketones is 3. The van der Waals surface area contributed by atoms with Crippen LogP contribution in [0.4, 0.5) is 0 Å². The molecule has 1 saturated heterocycles. The molecule has 1 saturated carbocycles. The molecule has 3 amide bonds. The first-order chi connectivity index (χ1) is 25.9. The number of likely N-dealkylation sites (tertiary alicyclic amines) is 1. The normalized spacial score (nSPS) is 19.3. The van der Waals surface area contributed by atoms with E-state index in [0.29, 0.717) is 19.3 Å². The summed E-state index contributed by atoms with van der Waals surface area (Å²) in [5.41, 5.74) is 4.67. The van der Waals surface area contributed by atoms with E-state index < -0.39 is 89.8 Å². The van der Waals surface area contributed by atoms with Crippen LogP contribution in [-0.4, -0.2) is 95.5 Å². The van der Waals surface area contributed by atoms with Crippen LogP contribution in [0.25, 0.3) is 0 Å². The Morgan fingerprint density at radius 2 is 1.55 bits per heavy atom. The van der Waals surface area contributed by atoms with Crippen LogP contribution in [0.5, 0.6) is 0 Å². The van der Waals surface area contributed by atoms with Gasteiger partial charge in [0.15, 0.2) is 11.6 Å². The Bertz CT molecular complexity index is 1330. The molecule has 2 aliphatic rings. The first-order valence-corrected chi connectivity index (χ1v) is 20.3. The van der Waals surface area contributed by atoms with Gasteiger partial charge in [-0.25, -0.2) is 4.79 Å². The van der Waals surface area contributed by atoms with E-state index in [-0.39, 0.29) is 63.0 Å². The van der Waals surface area contributed by atoms with E-state index in [1.807, 2.05) is 27.7 Å². The van der Waals surface area contributed by atoms with Gasteiger partial charge >= 0.3 is 11.9 Å². The fraction of sp³-hybridized carbons (Fsp3) is 0.805. The number of amides is 3. The maximum Gasteiger partial charge on any atom is 0.332 e. The summed E-state index contributed by atoms with van der Waals surface area (Å²) in [6, 6.07) is -1.89. The molecule has 3 unspecified atom stereocenters. The number of carbonyl (C=O) groups is 8. The van der Waals surface area contributed by atoms with Crippen molar-refractivity contribution in [2.24, 2.45) is 29.4 Å². The summed E-state index contributed by atoms with van der Waals surface area (Å²) >= 11 is 0. The van der Waals surface area contributed by atoms with E-state index in [1.165, 1.54) is 4.90 Å². The van der Waals surface area contributed by atoms with Crippen LogP contribution in [0, 0.1) is 23.7 Å². The van der Waals surface area contributed by atoms with Gasteiger partial charge < -0.3 is 30.2 Å². The molecule has 0 spiro atoms. The number of nitrogens with zero attached hydrogens (tertiary/aromatic N) is 1. The van der Waals surface area contributed by atoms with Crippen molar-refractivity contribution in [2.75, 3.05) is 19.8 Å². The predicted octanol–water partition coefficient (Wildman–Crippen LogP) is 4.55. The minimum Gasteiger partial charge on any atom is -0.465 e. The molecule has 2 rings (SSSR count). The summed E-state index contributed by atoms with van der Waals surface area (Å²) in [6.07, 6.45) is 5.12. The van der Waals surface area contributed by atoms with Crippen molar-refractivity contribution < 1.29 is 52.6 Å². The second-order valence-corrected chi connectivity index (χ2v) is 16.7. The highest BCUT2D eigenvalue weighted by Gasteiger charge is 2.45. The second-order valence-electron chi connectivity index (χ2n) is 16.7. The predicted molar refractivity (Wildman–Crippen MR) is 204 cm³/mol. The summed E-state index contributed by atoms with van der Waals surface area (Å²) in [5.74, 6) is -6.40. The molecule has 0 aromatic carbocycles. The van der Waals surface area contributed by atoms with Crippen molar-refractivity contribution >= 4 is 47.0 Å². The number of nitrogens with one attached hydrogen (secondary N) is 1. The monoisotopic (exact) mass is 777 g/mol. The molecular weight excluding hydrogens is 710 g/mol. The minimum absolute atomic E-state index is 0.00666. The average molecular weight is 778 g/mol. The fourth-order valence-electron chi connectivity index (χ4n) is 7.32. The molecule has 1 heterocycles. The number of unbranched alkanes of at least 4 members (excludes halogenated alkanes) is 1. The van der Waals surface area contributed by atoms with Gasteiger partial charge in [0.2, 0.25) is 23.5 Å². The van der Waals surface area contributed by atoms with Gasteiger partial charge in [-0.3, -0.25) is 33.6 Å². The van der Waals surface area contributed by atoms with Crippen LogP contribution in [0.2, 0.25) is 0 Å². The van der Waals surface area contributed by atoms with Gasteiger partial charge in [0, 0.05) is 38.1 Å². The van der Waals surface area contributed by atoms with Crippen molar-refractivity contribution in [3.8, 4) is 0 Å². The Labute approximate surface area is 327 Å². The third kappa shape index (κ3) is 16.9. The van der Waals surface area contributed by atoms with Crippen LogP contribution < -0.4 is 11.1 Å². The summed E-state index contributed by atoms with van der Waals surface area (Å²) in [7, 11) is 0. The van der Waals surface area contributed by atoms with Gasteiger partial charge in [-0.2, -0.15) is 0 Å². The number of rotatable bonds is 24. The first-order valence-electron chi connectivity index (χ1n) is 20.3. The van der Waals surface area contributed by atoms with Gasteiger partial charge in [0.1, 0.15) is 18.2 Å². The van der Waals surface area contributed by atoms with Crippen molar-refractivity contribution in [1.29, 1.82) is 0 Å². The van der Waals surface area contributed by atoms with E-state index >= 15 is 0 Å². The van der Waals surface area contributed by atoms with Crippen molar-refractivity contribution in [2.45, 2.75) is 169 Å². The van der Waals surface area contributed by atoms with Crippen LogP contribution >= 0.6 is 0 Å². The zero-order valence-corrected chi connectivity index (χ0v) is 34.3. The summed E-state index contributed by atoms with van der Waals surface area (Å²) in [4.78, 5) is 107. The minimum atomic E-state index is -1.02. The van der Waals surface area contributed by atoms with E-state index in [1.54, 1.807) is 20.8 Å². The number of esters is 2. The fourth-order valence-corrected chi connectivity index (χ4v) is 7.32. The Hall–Kier alpha value is -3.68. The van der Waals surface area contributed by atoms with Crippen LogP contribution in [0.1, 0.15) is 145 Å². The molecule has 14 nitrogen and oxygen atoms in total. The lowest BCUT2D eigenvalue weighted by atomic mass is 9.77. The third-order valence-corrected chi connectivity index (χ3v) is 10.1. The average Bonchev–Trinajstić information content (AvgIpc) is 3.56. The molecule has 0 aromatic heterocycles. The highest BCUT2D eigenvalue weighted by Crippen LogP contribution is 2.36. The molecular formula is C41H67N3O11. The van der Waals surface area contributed by atoms with Crippen LogP contribution in [0.15, 0.2) is 0 Å². The number of Topliss-reactive ketones (excluding diaryl/α,β-unsaturated/α-hetero) is 3. The number of ether oxygens (including phenoxy) is 3. The van der Waals surface area contributed by atoms with Crippen LogP contribution in [-0.2, 0) is 52.6 Å². The lowest BCUT2D eigenvalue weighted by molar-refractivity contribution is -0.162. The summed E-state index contributed by atoms with van der Waals surface area (Å²) in [5, 5.41) is 2.53. The lowest BCUT2D eigenvalue weighted by Gasteiger charge is -2.34. The molecule has 0 bridgehead atoms. The van der Waals surface area contributed by atoms with Crippen LogP contribution in [0.3, 0.4) is 0 Å². The maximum atomic E-state index is 14.5. The molecule has 0 radical (unpaired) electrons. The molecule has 2 fully saturated rings. The second kappa shape index (κ2) is 23.4. The smallest absolute Gasteiger partial charge is 0.332 e. The Morgan fingerprint density at radius 3 is 2.13 bits per heavy atom. The standard InChI is InChI=1S/C41H67N3O11/c1-8-10-17-31(39(42)51)43-35(47)19-18-33(45)38(50)28(14-9-2)20-34(46)32-21-29(53-25-37(49)55-41(5,6)7)23-44(32)40(52)30(27-15-12-11-13-16-27)22-36(48)54-24-26(3)4/h26-32H,8-25H2,1-7H3,(H2,42,51)(H,43,47)/t28?,29-,30?,31?,32+/m1/s1. The summed E-state index contributed by atoms with van der Waals surface area (Å²) < 4.78 is 16.8. The largest absolute Gasteiger partial charge is 0.465 e. The molecule has 1 aliphatic heterocycles. The van der Waals surface area contributed by atoms with Crippen molar-refractivity contribution in [3.05, 3.63) is 0 Å². The van der Waals surface area contributed by atoms with Crippen molar-refractivity contribution in [1.82, 2.24) is 10.2 Å². The van der Waals surface area contributed by atoms with E-state index in [9.17, 15) is 38.4 Å². The molecule has 0 aromatic rings. The van der Waals surface area contributed by atoms with E-state index in [4.69, 9.17) is 19.9 Å². The van der Waals surface area contributed by atoms with Gasteiger partial charge in [-0.1, -0.05) is 66.2 Å². The zero-order valence-electron chi connectivity index (χ0n) is 34.3. The molecule has 55 heavy (non-hydrogen) atoms. The number of hydrogen-bond acceptors (Lipinski definition) is 11. The zero-order chi connectivity index (χ0) is 41.3. The Morgan fingerprint density at radius 1 is 0.873 bits per heavy atom. The third-order valence-electron chi connectivity index (χ3n) is 10.1. The van der Waals surface area contributed by atoms with Gasteiger partial charge in [0.25, 0.3) is 0 Å². The topological polar surface area (TPSA) is 206 Å². The highest BCUT2D eigenvalue weighted by atomic mass is 16.6. The van der Waals surface area contributed by atoms with Gasteiger partial charge in [-0.05, 0) is 58.3 Å². The summed E-state index contributed by atoms with van der Waals surface area (Å²) in [6.45, 7) is 12.6. The first kappa shape index (κ1) is 47.5. The molecule has 1 aliphatic carbocycles. The maximum absolute atomic E-state index is 14.5. The number of carbonyl (C=O) groups excluding carboxylic acids is 8. The quantitative estimate of drug-likeness (QED) is 0.103. The lowest BCUT2D eigenvalue weighted by Crippen LogP contribution is -2.47. The molecule has 3 N–H and O–H groups in total. The highest BCUT2D eigenvalue weighted by molar-refractivity contribution is 6.38. The van der Waals surface area contributed by atoms with Gasteiger partial charge in [-0.15, -0.1) is 0 Å². The number of nitrogens with two attached hydrogens (primary N) is 1. The number of primary amides is 1. The number of hydrogen-bond donors (Lipinski definition) is 2. The van der Waals surface area contributed by atoms with E-state index in [0.717, 1.165) is 38.5 Å². The Kier molecular flexibility index (Phi) is 20.2. The van der Waals surface area contributed by atoms with Crippen molar-refractivity contribution in [3.63, 3.8) is 0 Å². The Balaban J connectivity index is 2.28. The van der Waals surface area contributed by atoms with E-state index in [2.05, 4.69) is 5.32 Å². The molecule has 5 atom stereocenters. The molecule has 312 valence electrons. The molecule has 14 heteroatoms. The SMILES string of the molecule is CCCCC(NC(=O)CCC(=O)C(=O)C(CCC)CC(=O)[C@@H]1C[C@@H](OCC(=O)OC(C)(C)C)CN1C(=O)C(CC(=O)OCC(C)C)C1CCCCC1)C(N)=O.